The first-order valence-electron chi connectivity index (χ1n) is 11.3. The second-order valence-corrected chi connectivity index (χ2v) is 9.00. The number of pyridine rings is 1. The van der Waals surface area contributed by atoms with Gasteiger partial charge in [-0.25, -0.2) is 9.37 Å². The van der Waals surface area contributed by atoms with Crippen molar-refractivity contribution in [3.63, 3.8) is 0 Å². The number of nitrogen functional groups attached to an aromatic ring is 1. The number of hydrogen-bond donors (Lipinski definition) is 1. The number of fused-ring (bicyclic) bond motifs is 1. The number of hydrogen-bond acceptors (Lipinski definition) is 5. The summed E-state index contributed by atoms with van der Waals surface area (Å²) in [5.41, 5.74) is 6.37. The number of rotatable bonds is 4. The van der Waals surface area contributed by atoms with Crippen molar-refractivity contribution >= 4 is 28.5 Å². The molecule has 2 aliphatic rings. The Kier molecular flexibility index (Phi) is 5.80. The van der Waals surface area contributed by atoms with Gasteiger partial charge in [0.1, 0.15) is 24.2 Å². The summed E-state index contributed by atoms with van der Waals surface area (Å²) in [4.78, 5) is 31.1. The van der Waals surface area contributed by atoms with Crippen LogP contribution in [0, 0.1) is 11.8 Å². The summed E-state index contributed by atoms with van der Waals surface area (Å²) in [5, 5.41) is 4.85. The van der Waals surface area contributed by atoms with Crippen LogP contribution in [0.3, 0.4) is 0 Å². The fraction of sp³-hybridized carbons (Fsp3) is 0.391. The molecule has 0 unspecified atom stereocenters. The molecule has 2 aliphatic heterocycles. The molecule has 0 radical (unpaired) electrons. The number of halogens is 5. The normalized spacial score (nSPS) is 18.6. The Morgan fingerprint density at radius 2 is 1.86 bits per heavy atom. The lowest BCUT2D eigenvalue weighted by Gasteiger charge is -2.38. The Morgan fingerprint density at radius 1 is 1.11 bits per heavy atom. The molecule has 190 valence electrons. The van der Waals surface area contributed by atoms with E-state index in [1.54, 1.807) is 0 Å². The van der Waals surface area contributed by atoms with Crippen LogP contribution >= 0.6 is 0 Å². The standard InChI is InChI=1S/C23H21F5N6O2/c24-14-3-4-16-15(8-14)21(13-9-32(10-13)22(36)12-6-18(25)30-19(29)7-12)31-34(16)11-20(35)33-5-1-2-17(33)23(26,27)28/h3-4,6-8,13,17H,1-2,5,9-11H2,(H2,29,30)/t17-/m0/s1. The number of aromatic nitrogens is 3. The third-order valence-electron chi connectivity index (χ3n) is 6.59. The fourth-order valence-corrected chi connectivity index (χ4v) is 4.86. The quantitative estimate of drug-likeness (QED) is 0.432. The van der Waals surface area contributed by atoms with E-state index < -0.39 is 42.3 Å². The molecule has 3 aromatic rings. The van der Waals surface area contributed by atoms with E-state index in [0.29, 0.717) is 16.6 Å². The van der Waals surface area contributed by atoms with Crippen molar-refractivity contribution in [2.75, 3.05) is 25.4 Å². The Morgan fingerprint density at radius 3 is 2.56 bits per heavy atom. The van der Waals surface area contributed by atoms with Crippen LogP contribution < -0.4 is 5.73 Å². The molecular formula is C23H21F5N6O2. The van der Waals surface area contributed by atoms with E-state index in [0.717, 1.165) is 11.0 Å². The van der Waals surface area contributed by atoms with Crippen LogP contribution in [-0.4, -0.2) is 68.2 Å². The van der Waals surface area contributed by atoms with Crippen LogP contribution in [0.2, 0.25) is 0 Å². The average Bonchev–Trinajstić information content (AvgIpc) is 3.38. The van der Waals surface area contributed by atoms with Crippen molar-refractivity contribution in [1.29, 1.82) is 0 Å². The minimum atomic E-state index is -4.52. The number of amides is 2. The van der Waals surface area contributed by atoms with Gasteiger partial charge in [0.05, 0.1) is 11.2 Å². The molecule has 5 rings (SSSR count). The van der Waals surface area contributed by atoms with Gasteiger partial charge < -0.3 is 15.5 Å². The number of nitrogens with two attached hydrogens (primary N) is 1. The Labute approximate surface area is 201 Å². The lowest BCUT2D eigenvalue weighted by atomic mass is 9.93. The number of nitrogens with zero attached hydrogens (tertiary/aromatic N) is 5. The molecule has 13 heteroatoms. The Bertz CT molecular complexity index is 1330. The van der Waals surface area contributed by atoms with E-state index in [-0.39, 0.29) is 49.8 Å². The molecule has 0 aliphatic carbocycles. The van der Waals surface area contributed by atoms with E-state index >= 15 is 0 Å². The monoisotopic (exact) mass is 508 g/mol. The topological polar surface area (TPSA) is 97.3 Å². The summed E-state index contributed by atoms with van der Waals surface area (Å²) in [6.45, 7) is -0.0355. The molecule has 8 nitrogen and oxygen atoms in total. The van der Waals surface area contributed by atoms with Crippen molar-refractivity contribution in [2.45, 2.75) is 37.5 Å². The van der Waals surface area contributed by atoms with Crippen molar-refractivity contribution in [1.82, 2.24) is 24.6 Å². The van der Waals surface area contributed by atoms with Crippen LogP contribution in [0.4, 0.5) is 27.8 Å². The largest absolute Gasteiger partial charge is 0.408 e. The lowest BCUT2D eigenvalue weighted by molar-refractivity contribution is -0.183. The zero-order valence-corrected chi connectivity index (χ0v) is 18.8. The van der Waals surface area contributed by atoms with Crippen LogP contribution in [-0.2, 0) is 11.3 Å². The molecule has 2 fully saturated rings. The third-order valence-corrected chi connectivity index (χ3v) is 6.59. The highest BCUT2D eigenvalue weighted by molar-refractivity contribution is 5.95. The summed E-state index contributed by atoms with van der Waals surface area (Å²) >= 11 is 0. The number of anilines is 1. The summed E-state index contributed by atoms with van der Waals surface area (Å²) in [6.07, 6.45) is -4.41. The molecule has 4 heterocycles. The van der Waals surface area contributed by atoms with Gasteiger partial charge in [0, 0.05) is 42.6 Å². The lowest BCUT2D eigenvalue weighted by Crippen LogP contribution is -2.48. The molecular weight excluding hydrogens is 487 g/mol. The van der Waals surface area contributed by atoms with Crippen molar-refractivity contribution < 1.29 is 31.5 Å². The van der Waals surface area contributed by atoms with Crippen molar-refractivity contribution in [2.24, 2.45) is 0 Å². The highest BCUT2D eigenvalue weighted by Crippen LogP contribution is 2.35. The van der Waals surface area contributed by atoms with E-state index in [1.807, 2.05) is 0 Å². The fourth-order valence-electron chi connectivity index (χ4n) is 4.86. The molecule has 1 atom stereocenters. The predicted molar refractivity (Wildman–Crippen MR) is 118 cm³/mol. The maximum Gasteiger partial charge on any atom is 0.408 e. The Hall–Kier alpha value is -3.77. The highest BCUT2D eigenvalue weighted by atomic mass is 19.4. The van der Waals surface area contributed by atoms with Crippen molar-refractivity contribution in [3.05, 3.63) is 53.4 Å². The van der Waals surface area contributed by atoms with Gasteiger partial charge in [-0.15, -0.1) is 0 Å². The van der Waals surface area contributed by atoms with Crippen LogP contribution in [0.25, 0.3) is 10.9 Å². The highest BCUT2D eigenvalue weighted by Gasteiger charge is 2.47. The zero-order chi connectivity index (χ0) is 25.8. The van der Waals surface area contributed by atoms with Gasteiger partial charge in [-0.1, -0.05) is 0 Å². The number of likely N-dealkylation sites (tertiary alicyclic amines) is 2. The summed E-state index contributed by atoms with van der Waals surface area (Å²) in [6, 6.07) is 4.25. The molecule has 0 spiro atoms. The Balaban J connectivity index is 1.37. The van der Waals surface area contributed by atoms with E-state index in [9.17, 15) is 31.5 Å². The number of alkyl halides is 3. The molecule has 2 saturated heterocycles. The molecule has 2 aromatic heterocycles. The molecule has 1 aromatic carbocycles. The van der Waals surface area contributed by atoms with E-state index in [2.05, 4.69) is 10.1 Å². The van der Waals surface area contributed by atoms with Gasteiger partial charge >= 0.3 is 6.18 Å². The van der Waals surface area contributed by atoms with E-state index in [1.165, 1.54) is 33.8 Å². The van der Waals surface area contributed by atoms with Gasteiger partial charge in [0.2, 0.25) is 11.9 Å². The minimum absolute atomic E-state index is 0.00348. The number of carbonyl (C=O) groups excluding carboxylic acids is 2. The second-order valence-electron chi connectivity index (χ2n) is 9.00. The van der Waals surface area contributed by atoms with Crippen LogP contribution in [0.5, 0.6) is 0 Å². The SMILES string of the molecule is Nc1cc(C(=O)N2CC(c3nn(CC(=O)N4CCC[C@H]4C(F)(F)F)c4ccc(F)cc34)C2)cc(F)n1. The number of carbonyl (C=O) groups is 2. The molecule has 0 bridgehead atoms. The molecule has 2 N–H and O–H groups in total. The number of benzene rings is 1. The summed E-state index contributed by atoms with van der Waals surface area (Å²) in [5.74, 6) is -3.05. The maximum atomic E-state index is 14.0. The van der Waals surface area contributed by atoms with Gasteiger partial charge in [-0.3, -0.25) is 14.3 Å². The summed E-state index contributed by atoms with van der Waals surface area (Å²) in [7, 11) is 0. The molecule has 36 heavy (non-hydrogen) atoms. The minimum Gasteiger partial charge on any atom is -0.384 e. The smallest absolute Gasteiger partial charge is 0.384 e. The van der Waals surface area contributed by atoms with Gasteiger partial charge in [-0.05, 0) is 37.1 Å². The van der Waals surface area contributed by atoms with Crippen LogP contribution in [0.15, 0.2) is 30.3 Å². The van der Waals surface area contributed by atoms with Crippen LogP contribution in [0.1, 0.15) is 34.8 Å². The predicted octanol–water partition coefficient (Wildman–Crippen LogP) is 3.08. The molecule has 2 amide bonds. The first-order chi connectivity index (χ1) is 17.0. The average molecular weight is 508 g/mol. The van der Waals surface area contributed by atoms with Gasteiger partial charge in [-0.2, -0.15) is 22.7 Å². The third kappa shape index (κ3) is 4.33. The summed E-state index contributed by atoms with van der Waals surface area (Å²) < 4.78 is 68.8. The first-order valence-corrected chi connectivity index (χ1v) is 11.3. The van der Waals surface area contributed by atoms with Gasteiger partial charge in [0.15, 0.2) is 0 Å². The second kappa shape index (κ2) is 8.71. The van der Waals surface area contributed by atoms with E-state index in [4.69, 9.17) is 5.73 Å². The zero-order valence-electron chi connectivity index (χ0n) is 18.8. The maximum absolute atomic E-state index is 14.0. The molecule has 0 saturated carbocycles. The van der Waals surface area contributed by atoms with Gasteiger partial charge in [0.25, 0.3) is 5.91 Å². The first kappa shape index (κ1) is 23.9. The van der Waals surface area contributed by atoms with Crippen molar-refractivity contribution in [3.8, 4) is 0 Å².